The van der Waals surface area contributed by atoms with E-state index in [1.165, 1.54) is 24.5 Å². The van der Waals surface area contributed by atoms with Crippen LogP contribution in [0.2, 0.25) is 0 Å². The number of hydrogen-bond donors (Lipinski definition) is 1. The van der Waals surface area contributed by atoms with Crippen molar-refractivity contribution in [3.63, 3.8) is 0 Å². The monoisotopic (exact) mass is 185 g/mol. The van der Waals surface area contributed by atoms with Crippen LogP contribution in [-0.4, -0.2) is 23.6 Å². The average molecular weight is 185 g/mol. The van der Waals surface area contributed by atoms with Crippen LogP contribution in [-0.2, 0) is 0 Å². The summed E-state index contributed by atoms with van der Waals surface area (Å²) in [6.07, 6.45) is 1.39. The van der Waals surface area contributed by atoms with Gasteiger partial charge in [0, 0.05) is 29.0 Å². The van der Waals surface area contributed by atoms with Crippen LogP contribution in [0.25, 0.3) is 0 Å². The molecule has 70 valence electrons. The van der Waals surface area contributed by atoms with Gasteiger partial charge >= 0.3 is 0 Å². The summed E-state index contributed by atoms with van der Waals surface area (Å²) in [5.74, 6) is 3.55. The maximum absolute atomic E-state index is 3.71. The minimum Gasteiger partial charge on any atom is -0.311 e. The quantitative estimate of drug-likeness (QED) is 0.671. The van der Waals surface area contributed by atoms with Crippen molar-refractivity contribution in [3.05, 3.63) is 0 Å². The molecule has 2 heteroatoms. The summed E-state index contributed by atoms with van der Waals surface area (Å²) >= 11 is 2.11. The van der Waals surface area contributed by atoms with Crippen LogP contribution in [0.15, 0.2) is 0 Å². The molecule has 0 aliphatic carbocycles. The van der Waals surface area contributed by atoms with E-state index in [-0.39, 0.29) is 0 Å². The Morgan fingerprint density at radius 1 is 1.33 bits per heavy atom. The Labute approximate surface area is 79.7 Å². The van der Waals surface area contributed by atoms with E-state index >= 15 is 0 Å². The fourth-order valence-electron chi connectivity index (χ4n) is 2.30. The summed E-state index contributed by atoms with van der Waals surface area (Å²) in [7, 11) is 0. The van der Waals surface area contributed by atoms with Gasteiger partial charge in [-0.3, -0.25) is 0 Å². The number of hydrogen-bond acceptors (Lipinski definition) is 2. The summed E-state index contributed by atoms with van der Waals surface area (Å²) in [5, 5.41) is 3.71. The summed E-state index contributed by atoms with van der Waals surface area (Å²) < 4.78 is 0. The summed E-state index contributed by atoms with van der Waals surface area (Å²) in [4.78, 5) is 0. The van der Waals surface area contributed by atoms with Crippen LogP contribution in [0.3, 0.4) is 0 Å². The van der Waals surface area contributed by atoms with Crippen LogP contribution in [0, 0.1) is 11.3 Å². The van der Waals surface area contributed by atoms with Crippen LogP contribution >= 0.6 is 11.8 Å². The molecule has 2 aliphatic rings. The van der Waals surface area contributed by atoms with Crippen molar-refractivity contribution in [2.75, 3.05) is 18.1 Å². The van der Waals surface area contributed by atoms with Crippen LogP contribution < -0.4 is 5.32 Å². The third-order valence-electron chi connectivity index (χ3n) is 3.70. The first-order valence-electron chi connectivity index (χ1n) is 4.89. The molecule has 1 unspecified atom stereocenters. The first kappa shape index (κ1) is 8.89. The lowest BCUT2D eigenvalue weighted by Crippen LogP contribution is -2.41. The van der Waals surface area contributed by atoms with Crippen molar-refractivity contribution >= 4 is 11.8 Å². The van der Waals surface area contributed by atoms with Crippen molar-refractivity contribution in [3.8, 4) is 0 Å². The molecule has 2 heterocycles. The van der Waals surface area contributed by atoms with E-state index in [2.05, 4.69) is 37.8 Å². The van der Waals surface area contributed by atoms with Crippen molar-refractivity contribution in [2.24, 2.45) is 11.3 Å². The number of thioether (sulfide) groups is 1. The van der Waals surface area contributed by atoms with Gasteiger partial charge in [-0.25, -0.2) is 0 Å². The molecule has 1 atom stereocenters. The van der Waals surface area contributed by atoms with Crippen molar-refractivity contribution < 1.29 is 0 Å². The second kappa shape index (κ2) is 2.65. The first-order valence-corrected chi connectivity index (χ1v) is 6.05. The predicted molar refractivity (Wildman–Crippen MR) is 55.6 cm³/mol. The highest BCUT2D eigenvalue weighted by atomic mass is 32.2. The summed E-state index contributed by atoms with van der Waals surface area (Å²) in [6.45, 7) is 8.31. The zero-order chi connectivity index (χ0) is 8.82. The molecule has 0 radical (unpaired) electrons. The Hall–Kier alpha value is 0.310. The molecule has 2 saturated heterocycles. The molecule has 2 fully saturated rings. The Morgan fingerprint density at radius 2 is 2.00 bits per heavy atom. The van der Waals surface area contributed by atoms with E-state index in [0.29, 0.717) is 11.0 Å². The summed E-state index contributed by atoms with van der Waals surface area (Å²) in [5.41, 5.74) is 1.10. The Morgan fingerprint density at radius 3 is 2.25 bits per heavy atom. The van der Waals surface area contributed by atoms with Gasteiger partial charge in [-0.05, 0) is 19.3 Å². The normalized spacial score (nSPS) is 39.0. The van der Waals surface area contributed by atoms with E-state index < -0.39 is 0 Å². The highest BCUT2D eigenvalue weighted by Gasteiger charge is 2.50. The van der Waals surface area contributed by atoms with E-state index in [1.807, 2.05) is 0 Å². The number of nitrogens with one attached hydrogen (secondary N) is 1. The molecular weight excluding hydrogens is 166 g/mol. The lowest BCUT2D eigenvalue weighted by Gasteiger charge is -2.39. The molecule has 0 saturated carbocycles. The molecule has 0 aromatic rings. The molecule has 0 amide bonds. The van der Waals surface area contributed by atoms with Crippen LogP contribution in [0.1, 0.15) is 27.2 Å². The van der Waals surface area contributed by atoms with Crippen LogP contribution in [0.5, 0.6) is 0 Å². The van der Waals surface area contributed by atoms with Gasteiger partial charge in [-0.2, -0.15) is 11.8 Å². The second-order valence-electron chi connectivity index (χ2n) is 5.10. The zero-order valence-electron chi connectivity index (χ0n) is 8.31. The molecule has 1 nitrogen and oxygen atoms in total. The molecule has 12 heavy (non-hydrogen) atoms. The van der Waals surface area contributed by atoms with Gasteiger partial charge in [0.15, 0.2) is 0 Å². The molecule has 1 spiro atoms. The SMILES string of the molecule is CC(C)C1(C)CC2(CN1)CSC2. The van der Waals surface area contributed by atoms with Gasteiger partial charge in [0.2, 0.25) is 0 Å². The minimum atomic E-state index is 0.418. The van der Waals surface area contributed by atoms with Gasteiger partial charge in [0.05, 0.1) is 0 Å². The molecule has 0 aromatic heterocycles. The maximum atomic E-state index is 3.71. The Kier molecular flexibility index (Phi) is 1.96. The summed E-state index contributed by atoms with van der Waals surface area (Å²) in [6, 6.07) is 0. The molecule has 2 aliphatic heterocycles. The lowest BCUT2D eigenvalue weighted by atomic mass is 9.78. The molecule has 2 rings (SSSR count). The van der Waals surface area contributed by atoms with Crippen molar-refractivity contribution in [1.82, 2.24) is 5.32 Å². The highest BCUT2D eigenvalue weighted by Crippen LogP contribution is 2.48. The van der Waals surface area contributed by atoms with Gasteiger partial charge < -0.3 is 5.32 Å². The van der Waals surface area contributed by atoms with Gasteiger partial charge in [0.25, 0.3) is 0 Å². The topological polar surface area (TPSA) is 12.0 Å². The van der Waals surface area contributed by atoms with Gasteiger partial charge in [0.1, 0.15) is 0 Å². The molecule has 0 aromatic carbocycles. The van der Waals surface area contributed by atoms with E-state index in [4.69, 9.17) is 0 Å². The zero-order valence-corrected chi connectivity index (χ0v) is 9.13. The lowest BCUT2D eigenvalue weighted by molar-refractivity contribution is 0.272. The smallest absolute Gasteiger partial charge is 0.0182 e. The largest absolute Gasteiger partial charge is 0.311 e. The van der Waals surface area contributed by atoms with Crippen molar-refractivity contribution in [2.45, 2.75) is 32.7 Å². The third-order valence-corrected chi connectivity index (χ3v) is 5.33. The van der Waals surface area contributed by atoms with E-state index in [0.717, 1.165) is 5.92 Å². The van der Waals surface area contributed by atoms with Crippen molar-refractivity contribution in [1.29, 1.82) is 0 Å². The third kappa shape index (κ3) is 1.20. The average Bonchev–Trinajstić information content (AvgIpc) is 2.28. The minimum absolute atomic E-state index is 0.418. The van der Waals surface area contributed by atoms with E-state index in [9.17, 15) is 0 Å². The standard InChI is InChI=1S/C10H19NS/c1-8(2)9(3)4-10(5-11-9)6-12-7-10/h8,11H,4-7H2,1-3H3. The second-order valence-corrected chi connectivity index (χ2v) is 6.08. The molecule has 1 N–H and O–H groups in total. The fraction of sp³-hybridized carbons (Fsp3) is 1.00. The number of rotatable bonds is 1. The molecule has 0 bridgehead atoms. The predicted octanol–water partition coefficient (Wildman–Crippen LogP) is 2.13. The Balaban J connectivity index is 2.05. The van der Waals surface area contributed by atoms with Gasteiger partial charge in [-0.15, -0.1) is 0 Å². The molecular formula is C10H19NS. The highest BCUT2D eigenvalue weighted by molar-refractivity contribution is 8.00. The van der Waals surface area contributed by atoms with Gasteiger partial charge in [-0.1, -0.05) is 13.8 Å². The Bertz CT molecular complexity index is 186. The maximum Gasteiger partial charge on any atom is 0.0182 e. The fourth-order valence-corrected chi connectivity index (χ4v) is 3.49. The first-order chi connectivity index (χ1) is 5.56. The van der Waals surface area contributed by atoms with Crippen LogP contribution in [0.4, 0.5) is 0 Å². The van der Waals surface area contributed by atoms with E-state index in [1.54, 1.807) is 0 Å².